The predicted molar refractivity (Wildman–Crippen MR) is 142 cm³/mol. The van der Waals surface area contributed by atoms with Gasteiger partial charge in [-0.3, -0.25) is 0 Å². The van der Waals surface area contributed by atoms with Gasteiger partial charge in [0.15, 0.2) is 0 Å². The molecule has 0 N–H and O–H groups in total. The Hall–Kier alpha value is -4.72. The summed E-state index contributed by atoms with van der Waals surface area (Å²) in [5.41, 5.74) is 3.85. The molecule has 4 aromatic carbocycles. The van der Waals surface area contributed by atoms with Gasteiger partial charge in [-0.15, -0.1) is 0 Å². The van der Waals surface area contributed by atoms with Gasteiger partial charge in [-0.25, -0.2) is 19.2 Å². The van der Waals surface area contributed by atoms with E-state index in [2.05, 4.69) is 0 Å². The molecule has 0 saturated heterocycles. The Labute approximate surface area is 219 Å². The summed E-state index contributed by atoms with van der Waals surface area (Å²) in [5, 5.41) is 2.70. The van der Waals surface area contributed by atoms with Crippen molar-refractivity contribution in [3.8, 4) is 11.1 Å². The van der Waals surface area contributed by atoms with Crippen molar-refractivity contribution in [1.29, 1.82) is 0 Å². The molecular weight excluding hydrogens is 488 g/mol. The molecule has 0 aromatic heterocycles. The second-order valence-corrected chi connectivity index (χ2v) is 8.69. The third kappa shape index (κ3) is 4.34. The van der Waals surface area contributed by atoms with Crippen LogP contribution in [0.1, 0.15) is 52.6 Å². The lowest BCUT2D eigenvalue weighted by Crippen LogP contribution is -2.09. The first kappa shape index (κ1) is 26.3. The van der Waals surface area contributed by atoms with E-state index in [1.807, 2.05) is 0 Å². The summed E-state index contributed by atoms with van der Waals surface area (Å²) in [6.07, 6.45) is 0. The van der Waals surface area contributed by atoms with E-state index in [9.17, 15) is 19.2 Å². The maximum Gasteiger partial charge on any atom is 0.338 e. The van der Waals surface area contributed by atoms with Crippen molar-refractivity contribution in [3.63, 3.8) is 0 Å². The monoisotopic (exact) mass is 514 g/mol. The van der Waals surface area contributed by atoms with Gasteiger partial charge >= 0.3 is 23.9 Å². The van der Waals surface area contributed by atoms with E-state index < -0.39 is 23.9 Å². The Morgan fingerprint density at radius 3 is 1.16 bits per heavy atom. The molecule has 0 aliphatic rings. The van der Waals surface area contributed by atoms with Crippen LogP contribution in [0.5, 0.6) is 0 Å². The maximum atomic E-state index is 12.8. The van der Waals surface area contributed by atoms with Crippen LogP contribution in [-0.2, 0) is 18.9 Å². The fraction of sp³-hybridized carbons (Fsp3) is 0.200. The van der Waals surface area contributed by atoms with Gasteiger partial charge in [0.1, 0.15) is 0 Å². The van der Waals surface area contributed by atoms with Gasteiger partial charge in [0, 0.05) is 0 Å². The zero-order valence-corrected chi connectivity index (χ0v) is 21.9. The van der Waals surface area contributed by atoms with Gasteiger partial charge in [-0.05, 0) is 94.0 Å². The number of esters is 4. The van der Waals surface area contributed by atoms with Crippen LogP contribution in [0.4, 0.5) is 0 Å². The van der Waals surface area contributed by atoms with Gasteiger partial charge in [0.05, 0.1) is 50.7 Å². The van der Waals surface area contributed by atoms with E-state index in [1.54, 1.807) is 62.4 Å². The number of carbonyl (C=O) groups excluding carboxylic acids is 4. The van der Waals surface area contributed by atoms with Crippen LogP contribution in [0.15, 0.2) is 48.5 Å². The lowest BCUT2D eigenvalue weighted by Gasteiger charge is -2.20. The van der Waals surface area contributed by atoms with Crippen LogP contribution >= 0.6 is 0 Å². The molecule has 38 heavy (non-hydrogen) atoms. The first-order chi connectivity index (χ1) is 18.2. The molecule has 0 spiro atoms. The summed E-state index contributed by atoms with van der Waals surface area (Å²) in [5.74, 6) is -2.13. The van der Waals surface area contributed by atoms with E-state index in [1.165, 1.54) is 28.4 Å². The molecular formula is C30H26O8. The van der Waals surface area contributed by atoms with Crippen molar-refractivity contribution in [3.05, 3.63) is 81.9 Å². The molecule has 8 nitrogen and oxygen atoms in total. The first-order valence-electron chi connectivity index (χ1n) is 11.6. The van der Waals surface area contributed by atoms with Crippen LogP contribution in [0.25, 0.3) is 32.7 Å². The average Bonchev–Trinajstić information content (AvgIpc) is 2.94. The van der Waals surface area contributed by atoms with E-state index in [0.717, 1.165) is 10.8 Å². The number of methoxy groups -OCH3 is 4. The lowest BCUT2D eigenvalue weighted by atomic mass is 9.83. The third-order valence-corrected chi connectivity index (χ3v) is 6.70. The fourth-order valence-corrected chi connectivity index (χ4v) is 4.80. The van der Waals surface area contributed by atoms with Crippen molar-refractivity contribution in [2.45, 2.75) is 13.8 Å². The normalized spacial score (nSPS) is 10.8. The number of rotatable bonds is 5. The van der Waals surface area contributed by atoms with Gasteiger partial charge in [0.2, 0.25) is 0 Å². The fourth-order valence-electron chi connectivity index (χ4n) is 4.80. The molecule has 0 radical (unpaired) electrons. The second-order valence-electron chi connectivity index (χ2n) is 8.69. The van der Waals surface area contributed by atoms with Crippen molar-refractivity contribution >= 4 is 45.4 Å². The Bertz CT molecular complexity index is 1520. The summed E-state index contributed by atoms with van der Waals surface area (Å²) in [4.78, 5) is 50.1. The minimum atomic E-state index is -0.548. The van der Waals surface area contributed by atoms with Gasteiger partial charge in [0.25, 0.3) is 0 Å². The lowest BCUT2D eigenvalue weighted by molar-refractivity contribution is 0.0590. The quantitative estimate of drug-likeness (QED) is 0.257. The Kier molecular flexibility index (Phi) is 7.17. The summed E-state index contributed by atoms with van der Waals surface area (Å²) in [6, 6.07) is 13.5. The standard InChI is InChI=1S/C30H26O8/c1-15-23(29(33)37-5)13-19-11-17(27(31)35-3)7-9-21(19)25(15)26-16(2)24(30(34)38-6)14-20-12-18(28(32)36-4)8-10-22(20)26/h7-14H,1-6H3. The van der Waals surface area contributed by atoms with E-state index >= 15 is 0 Å². The molecule has 0 unspecified atom stereocenters. The molecule has 0 fully saturated rings. The third-order valence-electron chi connectivity index (χ3n) is 6.70. The minimum Gasteiger partial charge on any atom is -0.465 e. The number of fused-ring (bicyclic) bond motifs is 2. The number of hydrogen-bond acceptors (Lipinski definition) is 8. The maximum absolute atomic E-state index is 12.8. The minimum absolute atomic E-state index is 0.305. The molecule has 194 valence electrons. The first-order valence-corrected chi connectivity index (χ1v) is 11.6. The number of hydrogen-bond donors (Lipinski definition) is 0. The van der Waals surface area contributed by atoms with Gasteiger partial charge < -0.3 is 18.9 Å². The molecule has 0 saturated carbocycles. The molecule has 4 aromatic rings. The highest BCUT2D eigenvalue weighted by molar-refractivity contribution is 6.14. The van der Waals surface area contributed by atoms with Crippen LogP contribution in [0.3, 0.4) is 0 Å². The molecule has 8 heteroatoms. The Morgan fingerprint density at radius 1 is 0.500 bits per heavy atom. The summed E-state index contributed by atoms with van der Waals surface area (Å²) >= 11 is 0. The molecule has 4 rings (SSSR count). The van der Waals surface area contributed by atoms with E-state index in [0.29, 0.717) is 55.3 Å². The molecule has 0 atom stereocenters. The van der Waals surface area contributed by atoms with Crippen LogP contribution in [0.2, 0.25) is 0 Å². The second kappa shape index (κ2) is 10.3. The largest absolute Gasteiger partial charge is 0.465 e. The number of benzene rings is 4. The highest BCUT2D eigenvalue weighted by Gasteiger charge is 2.24. The van der Waals surface area contributed by atoms with Crippen molar-refractivity contribution < 1.29 is 38.1 Å². The van der Waals surface area contributed by atoms with Crippen molar-refractivity contribution in [2.24, 2.45) is 0 Å². The van der Waals surface area contributed by atoms with E-state index in [-0.39, 0.29) is 0 Å². The van der Waals surface area contributed by atoms with Gasteiger partial charge in [-0.1, -0.05) is 12.1 Å². The predicted octanol–water partition coefficient (Wildman–Crippen LogP) is 5.42. The summed E-state index contributed by atoms with van der Waals surface area (Å²) in [7, 11) is 5.18. The van der Waals surface area contributed by atoms with Crippen LogP contribution in [-0.4, -0.2) is 52.3 Å². The Morgan fingerprint density at radius 2 is 0.842 bits per heavy atom. The summed E-state index contributed by atoms with van der Waals surface area (Å²) in [6.45, 7) is 3.60. The van der Waals surface area contributed by atoms with Crippen molar-refractivity contribution in [2.75, 3.05) is 28.4 Å². The number of carbonyl (C=O) groups is 4. The van der Waals surface area contributed by atoms with Gasteiger partial charge in [-0.2, -0.15) is 0 Å². The van der Waals surface area contributed by atoms with Crippen LogP contribution < -0.4 is 0 Å². The van der Waals surface area contributed by atoms with Crippen LogP contribution in [0, 0.1) is 13.8 Å². The molecule has 0 heterocycles. The highest BCUT2D eigenvalue weighted by atomic mass is 16.5. The summed E-state index contributed by atoms with van der Waals surface area (Å²) < 4.78 is 19.9. The molecule has 0 aliphatic heterocycles. The Balaban J connectivity index is 2.21. The zero-order chi connectivity index (χ0) is 27.7. The zero-order valence-electron chi connectivity index (χ0n) is 21.9. The smallest absolute Gasteiger partial charge is 0.338 e. The SMILES string of the molecule is COC(=O)c1ccc2c(-c3c(C)c(C(=O)OC)cc4cc(C(=O)OC)ccc34)c(C)c(C(=O)OC)cc2c1. The van der Waals surface area contributed by atoms with E-state index in [4.69, 9.17) is 18.9 Å². The highest BCUT2D eigenvalue weighted by Crippen LogP contribution is 2.42. The molecule has 0 amide bonds. The number of ether oxygens (including phenoxy) is 4. The average molecular weight is 515 g/mol. The topological polar surface area (TPSA) is 105 Å². The molecule has 0 bridgehead atoms. The van der Waals surface area contributed by atoms with Crippen molar-refractivity contribution in [1.82, 2.24) is 0 Å². The molecule has 0 aliphatic carbocycles.